The van der Waals surface area contributed by atoms with Crippen molar-refractivity contribution in [2.75, 3.05) is 18.0 Å². The van der Waals surface area contributed by atoms with Gasteiger partial charge in [0, 0.05) is 37.1 Å². The Balaban J connectivity index is 1.47. The maximum absolute atomic E-state index is 14.5. The Kier molecular flexibility index (Phi) is 3.77. The van der Waals surface area contributed by atoms with Gasteiger partial charge in [-0.25, -0.2) is 19.3 Å². The van der Waals surface area contributed by atoms with E-state index >= 15 is 0 Å². The normalized spacial score (nSPS) is 23.9. The Labute approximate surface area is 139 Å². The van der Waals surface area contributed by atoms with Gasteiger partial charge in [-0.05, 0) is 19.8 Å². The van der Waals surface area contributed by atoms with Crippen LogP contribution in [0.1, 0.15) is 29.7 Å². The maximum Gasteiger partial charge on any atom is 0.187 e. The van der Waals surface area contributed by atoms with Crippen molar-refractivity contribution in [1.29, 1.82) is 0 Å². The largest absolute Gasteiger partial charge is 0.351 e. The number of halogens is 1. The summed E-state index contributed by atoms with van der Waals surface area (Å²) in [6.45, 7) is 6.52. The van der Waals surface area contributed by atoms with Gasteiger partial charge in [0.1, 0.15) is 6.33 Å². The summed E-state index contributed by atoms with van der Waals surface area (Å²) in [4.78, 5) is 17.3. The first kappa shape index (κ1) is 15.0. The summed E-state index contributed by atoms with van der Waals surface area (Å²) in [5.41, 5.74) is 1.65. The minimum Gasteiger partial charge on any atom is -0.351 e. The third kappa shape index (κ3) is 2.61. The molecule has 122 valence electrons. The van der Waals surface area contributed by atoms with Crippen LogP contribution >= 0.6 is 11.3 Å². The molecule has 2 bridgehead atoms. The highest BCUT2D eigenvalue weighted by molar-refractivity contribution is 7.09. The molecule has 2 unspecified atom stereocenters. The highest BCUT2D eigenvalue weighted by atomic mass is 32.1. The molecule has 0 amide bonds. The SMILES string of the molecule is CCc1ncnc(N2CC3CC(C2)N3Cc2csc(C)n2)c1F. The number of thiazole rings is 1. The number of rotatable bonds is 4. The van der Waals surface area contributed by atoms with Crippen LogP contribution < -0.4 is 4.90 Å². The zero-order valence-corrected chi connectivity index (χ0v) is 14.2. The third-order valence-corrected chi connectivity index (χ3v) is 5.66. The Bertz CT molecular complexity index is 706. The molecule has 5 nitrogen and oxygen atoms in total. The number of piperidine rings is 1. The van der Waals surface area contributed by atoms with Crippen LogP contribution in [-0.4, -0.2) is 45.0 Å². The van der Waals surface area contributed by atoms with Gasteiger partial charge in [-0.15, -0.1) is 11.3 Å². The van der Waals surface area contributed by atoms with Gasteiger partial charge in [-0.1, -0.05) is 6.92 Å². The zero-order valence-electron chi connectivity index (χ0n) is 13.4. The van der Waals surface area contributed by atoms with E-state index in [1.54, 1.807) is 11.3 Å². The van der Waals surface area contributed by atoms with Gasteiger partial charge >= 0.3 is 0 Å². The van der Waals surface area contributed by atoms with Crippen LogP contribution in [0.3, 0.4) is 0 Å². The Morgan fingerprint density at radius 2 is 2.09 bits per heavy atom. The molecule has 0 N–H and O–H groups in total. The first-order valence-electron chi connectivity index (χ1n) is 8.06. The van der Waals surface area contributed by atoms with Crippen molar-refractivity contribution in [1.82, 2.24) is 19.9 Å². The van der Waals surface area contributed by atoms with E-state index in [0.29, 0.717) is 30.0 Å². The predicted molar refractivity (Wildman–Crippen MR) is 88.2 cm³/mol. The summed E-state index contributed by atoms with van der Waals surface area (Å²) in [7, 11) is 0. The van der Waals surface area contributed by atoms with Gasteiger partial charge in [0.05, 0.1) is 16.4 Å². The molecule has 3 aliphatic rings. The molecule has 5 rings (SSSR count). The zero-order chi connectivity index (χ0) is 16.0. The second-order valence-electron chi connectivity index (χ2n) is 6.29. The summed E-state index contributed by atoms with van der Waals surface area (Å²) in [6, 6.07) is 0.936. The fourth-order valence-corrected chi connectivity index (χ4v) is 4.25. The van der Waals surface area contributed by atoms with E-state index in [1.165, 1.54) is 12.7 Å². The molecule has 0 aromatic carbocycles. The van der Waals surface area contributed by atoms with Crippen LogP contribution in [0.15, 0.2) is 11.7 Å². The number of fused-ring (bicyclic) bond motifs is 2. The van der Waals surface area contributed by atoms with Crippen molar-refractivity contribution in [3.8, 4) is 0 Å². The van der Waals surface area contributed by atoms with Gasteiger partial charge in [-0.3, -0.25) is 4.90 Å². The molecule has 23 heavy (non-hydrogen) atoms. The number of aryl methyl sites for hydroxylation is 2. The Morgan fingerprint density at radius 3 is 2.74 bits per heavy atom. The van der Waals surface area contributed by atoms with Crippen molar-refractivity contribution in [3.05, 3.63) is 33.9 Å². The fourth-order valence-electron chi connectivity index (χ4n) is 3.65. The summed E-state index contributed by atoms with van der Waals surface area (Å²) in [6.07, 6.45) is 3.26. The predicted octanol–water partition coefficient (Wildman–Crippen LogP) is 2.41. The molecule has 7 heteroatoms. The van der Waals surface area contributed by atoms with Gasteiger partial charge < -0.3 is 4.90 Å². The first-order valence-corrected chi connectivity index (χ1v) is 8.94. The lowest BCUT2D eigenvalue weighted by atomic mass is 9.87. The third-order valence-electron chi connectivity index (χ3n) is 4.83. The first-order chi connectivity index (χ1) is 11.2. The standard InChI is InChI=1S/C16H20FN5S/c1-3-14-15(17)16(19-9-18-14)21-6-12-4-13(7-21)22(12)5-11-8-23-10(2)20-11/h8-9,12-13H,3-7H2,1-2H3. The topological polar surface area (TPSA) is 45.2 Å². The molecule has 3 saturated heterocycles. The van der Waals surface area contributed by atoms with Crippen LogP contribution in [-0.2, 0) is 13.0 Å². The molecule has 3 fully saturated rings. The van der Waals surface area contributed by atoms with Gasteiger partial charge in [0.15, 0.2) is 11.6 Å². The lowest BCUT2D eigenvalue weighted by Crippen LogP contribution is -2.68. The van der Waals surface area contributed by atoms with Crippen molar-refractivity contribution in [2.24, 2.45) is 0 Å². The van der Waals surface area contributed by atoms with Crippen molar-refractivity contribution < 1.29 is 4.39 Å². The fraction of sp³-hybridized carbons (Fsp3) is 0.562. The molecule has 5 heterocycles. The minimum atomic E-state index is -0.252. The molecule has 3 aliphatic heterocycles. The van der Waals surface area contributed by atoms with E-state index in [1.807, 2.05) is 13.8 Å². The maximum atomic E-state index is 14.5. The van der Waals surface area contributed by atoms with Gasteiger partial charge in [0.25, 0.3) is 0 Å². The quantitative estimate of drug-likeness (QED) is 0.860. The van der Waals surface area contributed by atoms with E-state index in [4.69, 9.17) is 0 Å². The number of hydrogen-bond donors (Lipinski definition) is 0. The number of piperazine rings is 1. The number of aromatic nitrogens is 3. The van der Waals surface area contributed by atoms with E-state index < -0.39 is 0 Å². The number of hydrogen-bond acceptors (Lipinski definition) is 6. The Morgan fingerprint density at radius 1 is 1.30 bits per heavy atom. The van der Waals surface area contributed by atoms with Crippen LogP contribution in [0.5, 0.6) is 0 Å². The van der Waals surface area contributed by atoms with E-state index in [0.717, 1.165) is 30.3 Å². The van der Waals surface area contributed by atoms with Crippen LogP contribution in [0.4, 0.5) is 10.2 Å². The van der Waals surface area contributed by atoms with Gasteiger partial charge in [-0.2, -0.15) is 0 Å². The molecule has 0 aliphatic carbocycles. The molecule has 2 atom stereocenters. The number of anilines is 1. The van der Waals surface area contributed by atoms with E-state index in [9.17, 15) is 4.39 Å². The van der Waals surface area contributed by atoms with E-state index in [2.05, 4.69) is 30.1 Å². The van der Waals surface area contributed by atoms with Crippen molar-refractivity contribution in [2.45, 2.75) is 45.3 Å². The second kappa shape index (κ2) is 5.79. The highest BCUT2D eigenvalue weighted by Gasteiger charge is 2.45. The van der Waals surface area contributed by atoms with Crippen LogP contribution in [0.25, 0.3) is 0 Å². The summed E-state index contributed by atoms with van der Waals surface area (Å²) in [5.74, 6) is 0.216. The molecular formula is C16H20FN5S. The van der Waals surface area contributed by atoms with Gasteiger partial charge in [0.2, 0.25) is 0 Å². The molecule has 0 saturated carbocycles. The van der Waals surface area contributed by atoms with Crippen molar-refractivity contribution in [3.63, 3.8) is 0 Å². The molecule has 0 spiro atoms. The van der Waals surface area contributed by atoms with Crippen LogP contribution in [0.2, 0.25) is 0 Å². The minimum absolute atomic E-state index is 0.252. The average Bonchev–Trinajstić information content (AvgIpc) is 2.98. The molecular weight excluding hydrogens is 313 g/mol. The summed E-state index contributed by atoms with van der Waals surface area (Å²) < 4.78 is 14.5. The second-order valence-corrected chi connectivity index (χ2v) is 7.35. The lowest BCUT2D eigenvalue weighted by Gasteiger charge is -2.56. The van der Waals surface area contributed by atoms with E-state index in [-0.39, 0.29) is 5.82 Å². The smallest absolute Gasteiger partial charge is 0.187 e. The molecule has 2 aromatic rings. The Hall–Kier alpha value is -1.60. The summed E-state index contributed by atoms with van der Waals surface area (Å²) >= 11 is 1.70. The summed E-state index contributed by atoms with van der Waals surface area (Å²) in [5, 5.41) is 3.25. The monoisotopic (exact) mass is 333 g/mol. The molecule has 2 aromatic heterocycles. The average molecular weight is 333 g/mol. The lowest BCUT2D eigenvalue weighted by molar-refractivity contribution is -0.00979. The van der Waals surface area contributed by atoms with Crippen LogP contribution in [0, 0.1) is 12.7 Å². The highest BCUT2D eigenvalue weighted by Crippen LogP contribution is 2.36. The number of nitrogens with zero attached hydrogens (tertiary/aromatic N) is 5. The van der Waals surface area contributed by atoms with Crippen molar-refractivity contribution >= 4 is 17.2 Å². The molecule has 0 radical (unpaired) electrons.